The summed E-state index contributed by atoms with van der Waals surface area (Å²) >= 11 is 7.09. The monoisotopic (exact) mass is 628 g/mol. The topological polar surface area (TPSA) is 58.6 Å². The predicted octanol–water partition coefficient (Wildman–Crippen LogP) is 6.76. The zero-order valence-corrected chi connectivity index (χ0v) is 24.9. The van der Waals surface area contributed by atoms with Crippen molar-refractivity contribution in [1.82, 2.24) is 10.2 Å². The van der Waals surface area contributed by atoms with E-state index in [9.17, 15) is 9.59 Å². The fraction of sp³-hybridized carbons (Fsp3) is 0.333. The molecule has 2 amide bonds. The van der Waals surface area contributed by atoms with Crippen molar-refractivity contribution in [2.24, 2.45) is 0 Å². The van der Waals surface area contributed by atoms with Crippen molar-refractivity contribution in [3.05, 3.63) is 97.9 Å². The lowest BCUT2D eigenvalue weighted by atomic mass is 10.0. The molecule has 0 aromatic heterocycles. The zero-order chi connectivity index (χ0) is 26.9. The molecule has 0 spiro atoms. The SMILES string of the molecule is CC[C@H](C)NC(=O)[C@@H](Cc1ccccc1)N(Cc1cccc(Br)c1)C(=O)COc1cc(C)c(Br)c(C)c1. The highest BCUT2D eigenvalue weighted by Crippen LogP contribution is 2.26. The van der Waals surface area contributed by atoms with Gasteiger partial charge in [-0.05, 0) is 73.7 Å². The van der Waals surface area contributed by atoms with E-state index in [1.165, 1.54) is 0 Å². The van der Waals surface area contributed by atoms with Gasteiger partial charge in [-0.1, -0.05) is 81.2 Å². The number of halogens is 2. The first-order chi connectivity index (χ1) is 17.7. The van der Waals surface area contributed by atoms with E-state index in [4.69, 9.17) is 4.74 Å². The molecule has 2 atom stereocenters. The molecule has 0 aliphatic rings. The van der Waals surface area contributed by atoms with Crippen molar-refractivity contribution < 1.29 is 14.3 Å². The molecule has 0 aliphatic heterocycles. The Kier molecular flexibility index (Phi) is 10.8. The first kappa shape index (κ1) is 28.9. The van der Waals surface area contributed by atoms with Crippen molar-refractivity contribution in [1.29, 1.82) is 0 Å². The molecule has 0 bridgehead atoms. The number of nitrogens with zero attached hydrogens (tertiary/aromatic N) is 1. The molecule has 0 radical (unpaired) electrons. The van der Waals surface area contributed by atoms with E-state index in [-0.39, 0.29) is 31.0 Å². The quantitative estimate of drug-likeness (QED) is 0.255. The summed E-state index contributed by atoms with van der Waals surface area (Å²) in [6, 6.07) is 20.7. The molecule has 3 rings (SSSR count). The third-order valence-electron chi connectivity index (χ3n) is 6.29. The normalized spacial score (nSPS) is 12.5. The Morgan fingerprint density at radius 3 is 2.22 bits per heavy atom. The van der Waals surface area contributed by atoms with Gasteiger partial charge >= 0.3 is 0 Å². The summed E-state index contributed by atoms with van der Waals surface area (Å²) in [7, 11) is 0. The van der Waals surface area contributed by atoms with Gasteiger partial charge in [-0.15, -0.1) is 0 Å². The molecule has 0 saturated heterocycles. The second-order valence-corrected chi connectivity index (χ2v) is 11.0. The number of ether oxygens (including phenoxy) is 1. The molecule has 0 fully saturated rings. The van der Waals surface area contributed by atoms with Crippen LogP contribution in [0.2, 0.25) is 0 Å². The van der Waals surface area contributed by atoms with Crippen LogP contribution >= 0.6 is 31.9 Å². The third-order valence-corrected chi connectivity index (χ3v) is 8.03. The number of benzene rings is 3. The summed E-state index contributed by atoms with van der Waals surface area (Å²) < 4.78 is 7.89. The van der Waals surface area contributed by atoms with Crippen molar-refractivity contribution >= 4 is 43.7 Å². The Morgan fingerprint density at radius 1 is 0.946 bits per heavy atom. The summed E-state index contributed by atoms with van der Waals surface area (Å²) in [5.41, 5.74) is 3.97. The first-order valence-corrected chi connectivity index (χ1v) is 14.0. The molecule has 3 aromatic carbocycles. The van der Waals surface area contributed by atoms with Crippen LogP contribution in [-0.4, -0.2) is 35.4 Å². The van der Waals surface area contributed by atoms with Crippen LogP contribution in [0.4, 0.5) is 0 Å². The average Bonchev–Trinajstić information content (AvgIpc) is 2.88. The molecular formula is C30H34Br2N2O3. The number of hydrogen-bond acceptors (Lipinski definition) is 3. The van der Waals surface area contributed by atoms with E-state index >= 15 is 0 Å². The minimum atomic E-state index is -0.695. The Balaban J connectivity index is 1.93. The van der Waals surface area contributed by atoms with E-state index in [1.54, 1.807) is 4.90 Å². The third kappa shape index (κ3) is 8.44. The maximum Gasteiger partial charge on any atom is 0.261 e. The second kappa shape index (κ2) is 13.8. The largest absolute Gasteiger partial charge is 0.484 e. The highest BCUT2D eigenvalue weighted by Gasteiger charge is 2.31. The van der Waals surface area contributed by atoms with Gasteiger partial charge in [0.05, 0.1) is 0 Å². The Labute approximate surface area is 236 Å². The number of rotatable bonds is 11. The molecule has 0 saturated carbocycles. The molecule has 7 heteroatoms. The number of hydrogen-bond donors (Lipinski definition) is 1. The van der Waals surface area contributed by atoms with Gasteiger partial charge in [-0.3, -0.25) is 9.59 Å². The standard InChI is InChI=1S/C30H34Br2N2O3/c1-5-22(4)33-30(36)27(17-23-10-7-6-8-11-23)34(18-24-12-9-13-25(31)16-24)28(35)19-37-26-14-20(2)29(32)21(3)15-26/h6-16,22,27H,5,17-19H2,1-4H3,(H,33,36)/t22-,27+/m0/s1. The number of nitrogens with one attached hydrogen (secondary N) is 1. The van der Waals surface area contributed by atoms with Crippen LogP contribution in [0.15, 0.2) is 75.7 Å². The van der Waals surface area contributed by atoms with Gasteiger partial charge in [0.2, 0.25) is 5.91 Å². The van der Waals surface area contributed by atoms with E-state index in [1.807, 2.05) is 94.4 Å². The van der Waals surface area contributed by atoms with E-state index in [2.05, 4.69) is 37.2 Å². The van der Waals surface area contributed by atoms with Gasteiger partial charge < -0.3 is 15.0 Å². The highest BCUT2D eigenvalue weighted by molar-refractivity contribution is 9.10. The van der Waals surface area contributed by atoms with Crippen LogP contribution in [-0.2, 0) is 22.6 Å². The molecule has 3 aromatic rings. The fourth-order valence-corrected chi connectivity index (χ4v) is 4.72. The Hall–Kier alpha value is -2.64. The fourth-order valence-electron chi connectivity index (χ4n) is 4.04. The molecule has 0 heterocycles. The maximum atomic E-state index is 13.7. The van der Waals surface area contributed by atoms with Gasteiger partial charge in [0.25, 0.3) is 5.91 Å². The predicted molar refractivity (Wildman–Crippen MR) is 156 cm³/mol. The summed E-state index contributed by atoms with van der Waals surface area (Å²) in [6.45, 7) is 8.08. The van der Waals surface area contributed by atoms with Crippen LogP contribution in [0.3, 0.4) is 0 Å². The summed E-state index contributed by atoms with van der Waals surface area (Å²) in [6.07, 6.45) is 1.20. The summed E-state index contributed by atoms with van der Waals surface area (Å²) in [5.74, 6) is 0.202. The molecular weight excluding hydrogens is 596 g/mol. The van der Waals surface area contributed by atoms with Gasteiger partial charge in [-0.25, -0.2) is 0 Å². The van der Waals surface area contributed by atoms with Crippen molar-refractivity contribution in [2.45, 2.75) is 59.2 Å². The average molecular weight is 630 g/mol. The lowest BCUT2D eigenvalue weighted by Crippen LogP contribution is -2.53. The molecule has 1 N–H and O–H groups in total. The number of amides is 2. The van der Waals surface area contributed by atoms with E-state index in [0.29, 0.717) is 12.2 Å². The van der Waals surface area contributed by atoms with Crippen molar-refractivity contribution in [3.8, 4) is 5.75 Å². The molecule has 0 unspecified atom stereocenters. The Bertz CT molecular complexity index is 1190. The number of carbonyl (C=O) groups excluding carboxylic acids is 2. The molecule has 5 nitrogen and oxygen atoms in total. The van der Waals surface area contributed by atoms with E-state index < -0.39 is 6.04 Å². The number of carbonyl (C=O) groups is 2. The van der Waals surface area contributed by atoms with Gasteiger partial charge in [0.15, 0.2) is 6.61 Å². The van der Waals surface area contributed by atoms with Gasteiger partial charge in [0, 0.05) is 28.0 Å². The molecule has 0 aliphatic carbocycles. The van der Waals surface area contributed by atoms with Crippen LogP contribution in [0, 0.1) is 13.8 Å². The Morgan fingerprint density at radius 2 is 1.59 bits per heavy atom. The van der Waals surface area contributed by atoms with Crippen LogP contribution < -0.4 is 10.1 Å². The van der Waals surface area contributed by atoms with Gasteiger partial charge in [0.1, 0.15) is 11.8 Å². The zero-order valence-electron chi connectivity index (χ0n) is 21.8. The van der Waals surface area contributed by atoms with Crippen LogP contribution in [0.25, 0.3) is 0 Å². The first-order valence-electron chi connectivity index (χ1n) is 12.5. The second-order valence-electron chi connectivity index (χ2n) is 9.33. The minimum Gasteiger partial charge on any atom is -0.484 e. The maximum absolute atomic E-state index is 13.7. The summed E-state index contributed by atoms with van der Waals surface area (Å²) in [4.78, 5) is 28.9. The molecule has 37 heavy (non-hydrogen) atoms. The van der Waals surface area contributed by atoms with Crippen molar-refractivity contribution in [2.75, 3.05) is 6.61 Å². The van der Waals surface area contributed by atoms with E-state index in [0.717, 1.165) is 37.6 Å². The summed E-state index contributed by atoms with van der Waals surface area (Å²) in [5, 5.41) is 3.09. The lowest BCUT2D eigenvalue weighted by Gasteiger charge is -2.32. The van der Waals surface area contributed by atoms with Gasteiger partial charge in [-0.2, -0.15) is 0 Å². The molecule has 196 valence electrons. The smallest absolute Gasteiger partial charge is 0.261 e. The lowest BCUT2D eigenvalue weighted by molar-refractivity contribution is -0.143. The van der Waals surface area contributed by atoms with Crippen LogP contribution in [0.5, 0.6) is 5.75 Å². The van der Waals surface area contributed by atoms with Crippen LogP contribution in [0.1, 0.15) is 42.5 Å². The number of aryl methyl sites for hydroxylation is 2. The minimum absolute atomic E-state index is 0.00133. The highest BCUT2D eigenvalue weighted by atomic mass is 79.9. The van der Waals surface area contributed by atoms with Crippen molar-refractivity contribution in [3.63, 3.8) is 0 Å².